The van der Waals surface area contributed by atoms with Gasteiger partial charge in [0.05, 0.1) is 0 Å². The van der Waals surface area contributed by atoms with Crippen LogP contribution in [0.15, 0.2) is 30.3 Å². The number of rotatable bonds is 3. The first-order chi connectivity index (χ1) is 6.70. The third kappa shape index (κ3) is 4.62. The number of nitrogens with two attached hydrogens (primary N) is 1. The summed E-state index contributed by atoms with van der Waals surface area (Å²) < 4.78 is 0. The summed E-state index contributed by atoms with van der Waals surface area (Å²) in [5.41, 5.74) is 6.30. The molecule has 3 heteroatoms. The molecule has 0 aliphatic rings. The van der Waals surface area contributed by atoms with Gasteiger partial charge >= 0.3 is 5.97 Å². The van der Waals surface area contributed by atoms with Gasteiger partial charge < -0.3 is 10.8 Å². The molecule has 0 aliphatic heterocycles. The Morgan fingerprint density at radius 3 is 2.29 bits per heavy atom. The van der Waals surface area contributed by atoms with Crippen molar-refractivity contribution in [1.82, 2.24) is 0 Å². The second kappa shape index (κ2) is 7.09. The van der Waals surface area contributed by atoms with E-state index in [2.05, 4.69) is 0 Å². The minimum absolute atomic E-state index is 0.385. The average molecular weight is 195 g/mol. The third-order valence-corrected chi connectivity index (χ3v) is 1.62. The Labute approximate surface area is 84.6 Å². The molecule has 0 saturated heterocycles. The van der Waals surface area contributed by atoms with Gasteiger partial charge in [-0.25, -0.2) is 0 Å². The van der Waals surface area contributed by atoms with Crippen LogP contribution >= 0.6 is 0 Å². The highest BCUT2D eigenvalue weighted by Crippen LogP contribution is 2.01. The van der Waals surface area contributed by atoms with Crippen LogP contribution < -0.4 is 5.73 Å². The average Bonchev–Trinajstić information content (AvgIpc) is 2.22. The van der Waals surface area contributed by atoms with Crippen LogP contribution in [0.3, 0.4) is 0 Å². The monoisotopic (exact) mass is 195 g/mol. The van der Waals surface area contributed by atoms with Gasteiger partial charge in [0.25, 0.3) is 0 Å². The van der Waals surface area contributed by atoms with Crippen molar-refractivity contribution in [1.29, 1.82) is 0 Å². The first-order valence-corrected chi connectivity index (χ1v) is 4.72. The van der Waals surface area contributed by atoms with E-state index in [0.717, 1.165) is 5.56 Å². The maximum atomic E-state index is 10.4. The van der Waals surface area contributed by atoms with Gasteiger partial charge in [0.2, 0.25) is 0 Å². The van der Waals surface area contributed by atoms with E-state index < -0.39 is 12.0 Å². The second-order valence-electron chi connectivity index (χ2n) is 2.63. The molecule has 0 radical (unpaired) electrons. The van der Waals surface area contributed by atoms with Gasteiger partial charge in [0.1, 0.15) is 6.04 Å². The smallest absolute Gasteiger partial charge is 0.320 e. The Kier molecular flexibility index (Phi) is 6.41. The van der Waals surface area contributed by atoms with Crippen molar-refractivity contribution < 1.29 is 9.90 Å². The molecule has 0 spiro atoms. The Morgan fingerprint density at radius 1 is 1.36 bits per heavy atom. The number of aliphatic carboxylic acids is 1. The van der Waals surface area contributed by atoms with Crippen LogP contribution in [0.1, 0.15) is 19.4 Å². The van der Waals surface area contributed by atoms with Crippen molar-refractivity contribution in [2.45, 2.75) is 26.3 Å². The summed E-state index contributed by atoms with van der Waals surface area (Å²) in [5.74, 6) is -0.959. The Bertz CT molecular complexity index is 259. The van der Waals surface area contributed by atoms with E-state index in [9.17, 15) is 4.79 Å². The molecule has 1 rings (SSSR count). The fourth-order valence-electron chi connectivity index (χ4n) is 0.955. The summed E-state index contributed by atoms with van der Waals surface area (Å²) in [6.07, 6.45) is 0.385. The van der Waals surface area contributed by atoms with Gasteiger partial charge in [-0.05, 0) is 12.0 Å². The lowest BCUT2D eigenvalue weighted by Crippen LogP contribution is -2.32. The Balaban J connectivity index is 0.000000791. The summed E-state index contributed by atoms with van der Waals surface area (Å²) in [7, 11) is 0. The third-order valence-electron chi connectivity index (χ3n) is 1.62. The van der Waals surface area contributed by atoms with Crippen molar-refractivity contribution >= 4 is 5.97 Å². The highest BCUT2D eigenvalue weighted by atomic mass is 16.4. The lowest BCUT2D eigenvalue weighted by atomic mass is 10.1. The van der Waals surface area contributed by atoms with E-state index >= 15 is 0 Å². The van der Waals surface area contributed by atoms with Crippen LogP contribution in [0, 0.1) is 0 Å². The highest BCUT2D eigenvalue weighted by Gasteiger charge is 2.10. The molecule has 1 aromatic carbocycles. The first kappa shape index (κ1) is 12.7. The number of carbonyl (C=O) groups is 1. The predicted molar refractivity (Wildman–Crippen MR) is 57.1 cm³/mol. The second-order valence-corrected chi connectivity index (χ2v) is 2.63. The van der Waals surface area contributed by atoms with Gasteiger partial charge in [-0.15, -0.1) is 0 Å². The lowest BCUT2D eigenvalue weighted by molar-refractivity contribution is -0.138. The highest BCUT2D eigenvalue weighted by molar-refractivity contribution is 5.73. The predicted octanol–water partition coefficient (Wildman–Crippen LogP) is 1.67. The molecular weight excluding hydrogens is 178 g/mol. The first-order valence-electron chi connectivity index (χ1n) is 4.72. The van der Waals surface area contributed by atoms with Crippen molar-refractivity contribution in [2.24, 2.45) is 5.73 Å². The number of carboxylic acids is 1. The largest absolute Gasteiger partial charge is 0.480 e. The van der Waals surface area contributed by atoms with Crippen molar-refractivity contribution in [3.05, 3.63) is 35.9 Å². The van der Waals surface area contributed by atoms with E-state index in [1.54, 1.807) is 0 Å². The molecule has 3 N–H and O–H groups in total. The van der Waals surface area contributed by atoms with Gasteiger partial charge in [0.15, 0.2) is 0 Å². The maximum absolute atomic E-state index is 10.4. The fraction of sp³-hybridized carbons (Fsp3) is 0.364. The van der Waals surface area contributed by atoms with Gasteiger partial charge in [0, 0.05) is 0 Å². The topological polar surface area (TPSA) is 63.3 Å². The van der Waals surface area contributed by atoms with Crippen LogP contribution in [0.2, 0.25) is 0 Å². The summed E-state index contributed by atoms with van der Waals surface area (Å²) in [6, 6.07) is 8.54. The summed E-state index contributed by atoms with van der Waals surface area (Å²) in [5, 5.41) is 8.52. The maximum Gasteiger partial charge on any atom is 0.320 e. The van der Waals surface area contributed by atoms with E-state index in [-0.39, 0.29) is 0 Å². The Hall–Kier alpha value is -1.35. The zero-order valence-electron chi connectivity index (χ0n) is 8.60. The standard InChI is InChI=1S/C9H11NO2.C2H6/c10-8(9(11)12)6-7-4-2-1-3-5-7;1-2/h1-5,8H,6,10H2,(H,11,12);1-2H3/t8-;/m1./s1. The molecule has 0 saturated carbocycles. The molecule has 0 bridgehead atoms. The number of hydrogen-bond donors (Lipinski definition) is 2. The zero-order valence-corrected chi connectivity index (χ0v) is 8.60. The molecule has 0 unspecified atom stereocenters. The summed E-state index contributed by atoms with van der Waals surface area (Å²) in [4.78, 5) is 10.4. The van der Waals surface area contributed by atoms with E-state index in [1.165, 1.54) is 0 Å². The van der Waals surface area contributed by atoms with E-state index in [4.69, 9.17) is 10.8 Å². The van der Waals surface area contributed by atoms with Crippen LogP contribution in [0.4, 0.5) is 0 Å². The summed E-state index contributed by atoms with van der Waals surface area (Å²) in [6.45, 7) is 4.00. The number of carboxylic acid groups (broad SMARTS) is 1. The van der Waals surface area contributed by atoms with E-state index in [1.807, 2.05) is 44.2 Å². The zero-order chi connectivity index (χ0) is 11.0. The molecule has 0 amide bonds. The van der Waals surface area contributed by atoms with Crippen molar-refractivity contribution in [3.63, 3.8) is 0 Å². The van der Waals surface area contributed by atoms with Crippen LogP contribution in [0.25, 0.3) is 0 Å². The molecule has 0 aliphatic carbocycles. The van der Waals surface area contributed by atoms with Gasteiger partial charge in [-0.1, -0.05) is 44.2 Å². The number of hydrogen-bond acceptors (Lipinski definition) is 2. The van der Waals surface area contributed by atoms with Crippen molar-refractivity contribution in [3.8, 4) is 0 Å². The molecule has 3 nitrogen and oxygen atoms in total. The van der Waals surface area contributed by atoms with Gasteiger partial charge in [-0.3, -0.25) is 4.79 Å². The quantitative estimate of drug-likeness (QED) is 0.771. The molecule has 1 aromatic rings. The van der Waals surface area contributed by atoms with Crippen LogP contribution in [-0.2, 0) is 11.2 Å². The molecule has 78 valence electrons. The normalized spacial score (nSPS) is 11.1. The molecule has 0 fully saturated rings. The molecule has 0 aromatic heterocycles. The lowest BCUT2D eigenvalue weighted by Gasteiger charge is -2.04. The van der Waals surface area contributed by atoms with Crippen molar-refractivity contribution in [2.75, 3.05) is 0 Å². The Morgan fingerprint density at radius 2 is 1.86 bits per heavy atom. The van der Waals surface area contributed by atoms with Crippen LogP contribution in [-0.4, -0.2) is 17.1 Å². The minimum Gasteiger partial charge on any atom is -0.480 e. The molecular formula is C11H17NO2. The fourth-order valence-corrected chi connectivity index (χ4v) is 0.955. The molecule has 0 heterocycles. The van der Waals surface area contributed by atoms with Gasteiger partial charge in [-0.2, -0.15) is 0 Å². The number of benzene rings is 1. The molecule has 14 heavy (non-hydrogen) atoms. The van der Waals surface area contributed by atoms with E-state index in [0.29, 0.717) is 6.42 Å². The van der Waals surface area contributed by atoms with Crippen LogP contribution in [0.5, 0.6) is 0 Å². The SMILES string of the molecule is CC.N[C@H](Cc1ccccc1)C(=O)O. The molecule has 1 atom stereocenters. The minimum atomic E-state index is -0.959. The summed E-state index contributed by atoms with van der Waals surface area (Å²) >= 11 is 0.